The fourth-order valence-electron chi connectivity index (χ4n) is 0.650. The van der Waals surface area contributed by atoms with Gasteiger partial charge in [0.25, 0.3) is 0 Å². The summed E-state index contributed by atoms with van der Waals surface area (Å²) in [6, 6.07) is 0.0382. The van der Waals surface area contributed by atoms with E-state index in [1.807, 2.05) is 11.8 Å². The Morgan fingerprint density at radius 1 is 1.75 bits per heavy atom. The zero-order chi connectivity index (χ0) is 5.98. The van der Waals surface area contributed by atoms with Crippen LogP contribution in [0.5, 0.6) is 0 Å². The summed E-state index contributed by atoms with van der Waals surface area (Å²) in [5.74, 6) is 2.87. The third-order valence-corrected chi connectivity index (χ3v) is 2.81. The van der Waals surface area contributed by atoms with E-state index in [1.54, 1.807) is 0 Å². The molecule has 0 saturated carbocycles. The van der Waals surface area contributed by atoms with Gasteiger partial charge < -0.3 is 10.8 Å². The molecule has 1 saturated heterocycles. The lowest BCUT2D eigenvalue weighted by atomic mass is 10.1. The van der Waals surface area contributed by atoms with Crippen molar-refractivity contribution in [3.8, 4) is 0 Å². The molecule has 8 heavy (non-hydrogen) atoms. The molecule has 1 heterocycles. The van der Waals surface area contributed by atoms with Crippen LogP contribution in [0.4, 0.5) is 0 Å². The molecule has 0 aliphatic carbocycles. The van der Waals surface area contributed by atoms with E-state index in [0.717, 1.165) is 11.5 Å². The van der Waals surface area contributed by atoms with Crippen LogP contribution in [0.3, 0.4) is 0 Å². The second-order valence-electron chi connectivity index (χ2n) is 2.14. The Balaban J connectivity index is 2.13. The molecule has 0 aromatic rings. The molecule has 2 nitrogen and oxygen atoms in total. The van der Waals surface area contributed by atoms with Gasteiger partial charge in [0.05, 0.1) is 6.61 Å². The van der Waals surface area contributed by atoms with Gasteiger partial charge in [-0.1, -0.05) is 0 Å². The van der Waals surface area contributed by atoms with Gasteiger partial charge in [-0.2, -0.15) is 11.8 Å². The highest BCUT2D eigenvalue weighted by Crippen LogP contribution is 2.26. The SMILES string of the molecule is NC(CO)C1CSC1. The van der Waals surface area contributed by atoms with E-state index < -0.39 is 0 Å². The van der Waals surface area contributed by atoms with E-state index in [4.69, 9.17) is 10.8 Å². The van der Waals surface area contributed by atoms with Crippen LogP contribution < -0.4 is 5.73 Å². The molecule has 0 aromatic heterocycles. The summed E-state index contributed by atoms with van der Waals surface area (Å²) in [6.45, 7) is 0.144. The van der Waals surface area contributed by atoms with Gasteiger partial charge in [0, 0.05) is 6.04 Å². The lowest BCUT2D eigenvalue weighted by Crippen LogP contribution is -2.40. The van der Waals surface area contributed by atoms with Crippen molar-refractivity contribution < 1.29 is 5.11 Å². The lowest BCUT2D eigenvalue weighted by molar-refractivity contribution is 0.238. The van der Waals surface area contributed by atoms with Crippen molar-refractivity contribution in [2.45, 2.75) is 6.04 Å². The topological polar surface area (TPSA) is 46.2 Å². The quantitative estimate of drug-likeness (QED) is 0.542. The van der Waals surface area contributed by atoms with Crippen LogP contribution in [0, 0.1) is 5.92 Å². The van der Waals surface area contributed by atoms with Crippen LogP contribution in [0.2, 0.25) is 0 Å². The molecule has 1 aliphatic heterocycles. The summed E-state index contributed by atoms with van der Waals surface area (Å²) in [7, 11) is 0. The molecule has 1 aliphatic rings. The minimum Gasteiger partial charge on any atom is -0.395 e. The highest BCUT2D eigenvalue weighted by atomic mass is 32.2. The van der Waals surface area contributed by atoms with Gasteiger partial charge in [0.15, 0.2) is 0 Å². The van der Waals surface area contributed by atoms with Gasteiger partial charge in [-0.15, -0.1) is 0 Å². The van der Waals surface area contributed by atoms with E-state index in [1.165, 1.54) is 0 Å². The maximum Gasteiger partial charge on any atom is 0.0585 e. The van der Waals surface area contributed by atoms with E-state index >= 15 is 0 Å². The molecule has 1 fully saturated rings. The molecule has 1 unspecified atom stereocenters. The smallest absolute Gasteiger partial charge is 0.0585 e. The number of thioether (sulfide) groups is 1. The third kappa shape index (κ3) is 1.16. The number of nitrogens with two attached hydrogens (primary N) is 1. The number of aliphatic hydroxyl groups is 1. The molecule has 1 rings (SSSR count). The minimum absolute atomic E-state index is 0.0382. The van der Waals surface area contributed by atoms with Crippen molar-refractivity contribution in [2.24, 2.45) is 11.7 Å². The Kier molecular flexibility index (Phi) is 2.16. The van der Waals surface area contributed by atoms with Gasteiger partial charge in [-0.25, -0.2) is 0 Å². The fourth-order valence-corrected chi connectivity index (χ4v) is 1.65. The number of hydrogen-bond acceptors (Lipinski definition) is 3. The monoisotopic (exact) mass is 133 g/mol. The second kappa shape index (κ2) is 2.71. The zero-order valence-electron chi connectivity index (χ0n) is 4.71. The molecule has 0 amide bonds. The van der Waals surface area contributed by atoms with Crippen molar-refractivity contribution >= 4 is 11.8 Å². The first-order chi connectivity index (χ1) is 3.84. The second-order valence-corrected chi connectivity index (χ2v) is 3.22. The van der Waals surface area contributed by atoms with E-state index in [-0.39, 0.29) is 12.6 Å². The Hall–Kier alpha value is 0.270. The maximum absolute atomic E-state index is 8.54. The standard InChI is InChI=1S/C5H11NOS/c6-5(1-7)4-2-8-3-4/h4-5,7H,1-3,6H2. The van der Waals surface area contributed by atoms with Crippen molar-refractivity contribution in [1.29, 1.82) is 0 Å². The normalized spacial score (nSPS) is 24.8. The molecular weight excluding hydrogens is 122 g/mol. The largest absolute Gasteiger partial charge is 0.395 e. The van der Waals surface area contributed by atoms with E-state index in [0.29, 0.717) is 5.92 Å². The molecule has 48 valence electrons. The van der Waals surface area contributed by atoms with E-state index in [9.17, 15) is 0 Å². The zero-order valence-corrected chi connectivity index (χ0v) is 5.53. The molecule has 0 bridgehead atoms. The van der Waals surface area contributed by atoms with Crippen LogP contribution in [-0.4, -0.2) is 29.3 Å². The highest BCUT2D eigenvalue weighted by molar-refractivity contribution is 8.00. The molecule has 0 spiro atoms. The Bertz CT molecular complexity index is 72.1. The highest BCUT2D eigenvalue weighted by Gasteiger charge is 2.23. The van der Waals surface area contributed by atoms with Crippen molar-refractivity contribution in [3.63, 3.8) is 0 Å². The van der Waals surface area contributed by atoms with Gasteiger partial charge in [-0.3, -0.25) is 0 Å². The van der Waals surface area contributed by atoms with E-state index in [2.05, 4.69) is 0 Å². The van der Waals surface area contributed by atoms with Gasteiger partial charge in [-0.05, 0) is 17.4 Å². The Morgan fingerprint density at radius 3 is 2.50 bits per heavy atom. The molecule has 1 atom stereocenters. The number of hydrogen-bond donors (Lipinski definition) is 2. The fraction of sp³-hybridized carbons (Fsp3) is 1.00. The predicted octanol–water partition coefficient (Wildman–Crippen LogP) is -0.331. The Labute approximate surface area is 53.5 Å². The lowest BCUT2D eigenvalue weighted by Gasteiger charge is -2.29. The average Bonchev–Trinajstić information content (AvgIpc) is 1.62. The van der Waals surface area contributed by atoms with Crippen LogP contribution in [0.25, 0.3) is 0 Å². The average molecular weight is 133 g/mol. The third-order valence-electron chi connectivity index (χ3n) is 1.48. The summed E-state index contributed by atoms with van der Waals surface area (Å²) in [4.78, 5) is 0. The number of rotatable bonds is 2. The van der Waals surface area contributed by atoms with Crippen molar-refractivity contribution in [2.75, 3.05) is 18.1 Å². The summed E-state index contributed by atoms with van der Waals surface area (Å²) >= 11 is 1.90. The molecule has 0 aromatic carbocycles. The van der Waals surface area contributed by atoms with Crippen LogP contribution in [0.1, 0.15) is 0 Å². The molecular formula is C5H11NOS. The van der Waals surface area contributed by atoms with Crippen molar-refractivity contribution in [3.05, 3.63) is 0 Å². The van der Waals surface area contributed by atoms with Crippen LogP contribution >= 0.6 is 11.8 Å². The molecule has 3 heteroatoms. The predicted molar refractivity (Wildman–Crippen MR) is 35.9 cm³/mol. The minimum atomic E-state index is 0.0382. The Morgan fingerprint density at radius 2 is 2.38 bits per heavy atom. The van der Waals surface area contributed by atoms with Gasteiger partial charge in [0.1, 0.15) is 0 Å². The first kappa shape index (κ1) is 6.39. The summed E-state index contributed by atoms with van der Waals surface area (Å²) in [5, 5.41) is 8.54. The first-order valence-corrected chi connectivity index (χ1v) is 3.94. The summed E-state index contributed by atoms with van der Waals surface area (Å²) in [5.41, 5.74) is 5.51. The van der Waals surface area contributed by atoms with Crippen LogP contribution in [-0.2, 0) is 0 Å². The molecule has 3 N–H and O–H groups in total. The maximum atomic E-state index is 8.54. The van der Waals surface area contributed by atoms with Crippen molar-refractivity contribution in [1.82, 2.24) is 0 Å². The first-order valence-electron chi connectivity index (χ1n) is 2.78. The van der Waals surface area contributed by atoms with Gasteiger partial charge in [0.2, 0.25) is 0 Å². The number of aliphatic hydroxyl groups excluding tert-OH is 1. The summed E-state index contributed by atoms with van der Waals surface area (Å²) in [6.07, 6.45) is 0. The van der Waals surface area contributed by atoms with Gasteiger partial charge >= 0.3 is 0 Å². The molecule has 0 radical (unpaired) electrons. The van der Waals surface area contributed by atoms with Crippen LogP contribution in [0.15, 0.2) is 0 Å². The summed E-state index contributed by atoms with van der Waals surface area (Å²) < 4.78 is 0.